The summed E-state index contributed by atoms with van der Waals surface area (Å²) >= 11 is 1.56. The van der Waals surface area contributed by atoms with Gasteiger partial charge in [0.25, 0.3) is 0 Å². The van der Waals surface area contributed by atoms with Crippen molar-refractivity contribution in [2.24, 2.45) is 0 Å². The number of sulfonamides is 1. The number of thiophene rings is 1. The van der Waals surface area contributed by atoms with Gasteiger partial charge in [0, 0.05) is 31.1 Å². The summed E-state index contributed by atoms with van der Waals surface area (Å²) in [6.45, 7) is 3.87. The highest BCUT2D eigenvalue weighted by molar-refractivity contribution is 7.89. The Labute approximate surface area is 158 Å². The van der Waals surface area contributed by atoms with E-state index in [1.165, 1.54) is 4.31 Å². The van der Waals surface area contributed by atoms with Crippen LogP contribution >= 0.6 is 11.3 Å². The summed E-state index contributed by atoms with van der Waals surface area (Å²) in [5, 5.41) is 1.95. The zero-order chi connectivity index (χ0) is 18.6. The van der Waals surface area contributed by atoms with Gasteiger partial charge in [-0.15, -0.1) is 11.3 Å². The van der Waals surface area contributed by atoms with Gasteiger partial charge in [0.2, 0.25) is 15.9 Å². The molecule has 3 rings (SSSR count). The third-order valence-corrected chi connectivity index (χ3v) is 7.06. The van der Waals surface area contributed by atoms with E-state index < -0.39 is 10.0 Å². The number of rotatable bonds is 6. The number of carbonyl (C=O) groups excluding carboxylic acids is 1. The van der Waals surface area contributed by atoms with Crippen LogP contribution in [0.25, 0.3) is 0 Å². The predicted molar refractivity (Wildman–Crippen MR) is 101 cm³/mol. The second kappa shape index (κ2) is 8.20. The number of ether oxygens (including phenoxy) is 1. The standard InChI is InChI=1S/C18H22N2O4S2/c1-2-24-15-5-7-17(8-6-15)26(22,23)20-11-9-19(10-12-20)18(21)14-16-4-3-13-25-16/h3-8,13H,2,9-12,14H2,1H3. The highest BCUT2D eigenvalue weighted by atomic mass is 32.2. The summed E-state index contributed by atoms with van der Waals surface area (Å²) < 4.78 is 32.3. The maximum atomic E-state index is 12.8. The summed E-state index contributed by atoms with van der Waals surface area (Å²) in [5.41, 5.74) is 0. The molecule has 2 heterocycles. The van der Waals surface area contributed by atoms with Gasteiger partial charge >= 0.3 is 0 Å². The molecular weight excluding hydrogens is 372 g/mol. The molecule has 2 aromatic rings. The fourth-order valence-corrected chi connectivity index (χ4v) is 4.99. The van der Waals surface area contributed by atoms with Crippen LogP contribution in [0.1, 0.15) is 11.8 Å². The Bertz CT molecular complexity index is 825. The van der Waals surface area contributed by atoms with E-state index in [1.807, 2.05) is 24.4 Å². The second-order valence-corrected chi connectivity index (χ2v) is 8.92. The molecule has 0 radical (unpaired) electrons. The molecule has 0 N–H and O–H groups in total. The Morgan fingerprint density at radius 2 is 1.81 bits per heavy atom. The lowest BCUT2D eigenvalue weighted by Gasteiger charge is -2.34. The molecular formula is C18H22N2O4S2. The van der Waals surface area contributed by atoms with Gasteiger partial charge < -0.3 is 9.64 Å². The van der Waals surface area contributed by atoms with Gasteiger partial charge in [-0.3, -0.25) is 4.79 Å². The number of benzene rings is 1. The van der Waals surface area contributed by atoms with Gasteiger partial charge in [-0.25, -0.2) is 8.42 Å². The number of amides is 1. The van der Waals surface area contributed by atoms with E-state index in [2.05, 4.69) is 0 Å². The topological polar surface area (TPSA) is 66.9 Å². The van der Waals surface area contributed by atoms with Crippen LogP contribution in [-0.2, 0) is 21.2 Å². The van der Waals surface area contributed by atoms with Crippen molar-refractivity contribution in [1.82, 2.24) is 9.21 Å². The summed E-state index contributed by atoms with van der Waals surface area (Å²) in [7, 11) is -3.55. The normalized spacial score (nSPS) is 15.8. The molecule has 26 heavy (non-hydrogen) atoms. The molecule has 1 amide bonds. The fraction of sp³-hybridized carbons (Fsp3) is 0.389. The average molecular weight is 395 g/mol. The lowest BCUT2D eigenvalue weighted by Crippen LogP contribution is -2.50. The molecule has 1 saturated heterocycles. The molecule has 1 aliphatic heterocycles. The predicted octanol–water partition coefficient (Wildman–Crippen LogP) is 2.22. The van der Waals surface area contributed by atoms with Gasteiger partial charge in [-0.05, 0) is 42.6 Å². The summed E-state index contributed by atoms with van der Waals surface area (Å²) in [6.07, 6.45) is 0.378. The van der Waals surface area contributed by atoms with Crippen LogP contribution in [0.15, 0.2) is 46.7 Å². The monoisotopic (exact) mass is 394 g/mol. The molecule has 0 saturated carbocycles. The van der Waals surface area contributed by atoms with E-state index in [-0.39, 0.29) is 10.8 Å². The number of carbonyl (C=O) groups is 1. The molecule has 1 aromatic carbocycles. The molecule has 140 valence electrons. The number of piperazine rings is 1. The molecule has 0 unspecified atom stereocenters. The first kappa shape index (κ1) is 18.9. The quantitative estimate of drug-likeness (QED) is 0.754. The van der Waals surface area contributed by atoms with Gasteiger partial charge in [-0.1, -0.05) is 6.07 Å². The lowest BCUT2D eigenvalue weighted by atomic mass is 10.3. The first-order valence-corrected chi connectivity index (χ1v) is 10.9. The van der Waals surface area contributed by atoms with Crippen LogP contribution in [0.3, 0.4) is 0 Å². The molecule has 0 bridgehead atoms. The van der Waals surface area contributed by atoms with Crippen molar-refractivity contribution in [2.75, 3.05) is 32.8 Å². The molecule has 1 fully saturated rings. The second-order valence-electron chi connectivity index (χ2n) is 5.95. The van der Waals surface area contributed by atoms with E-state index in [0.717, 1.165) is 4.88 Å². The van der Waals surface area contributed by atoms with Crippen molar-refractivity contribution in [1.29, 1.82) is 0 Å². The molecule has 1 aliphatic rings. The minimum absolute atomic E-state index is 0.0468. The first-order chi connectivity index (χ1) is 12.5. The number of hydrogen-bond donors (Lipinski definition) is 0. The highest BCUT2D eigenvalue weighted by Crippen LogP contribution is 2.21. The first-order valence-electron chi connectivity index (χ1n) is 8.54. The fourth-order valence-electron chi connectivity index (χ4n) is 2.88. The number of hydrogen-bond acceptors (Lipinski definition) is 5. The van der Waals surface area contributed by atoms with Crippen LogP contribution in [-0.4, -0.2) is 56.3 Å². The van der Waals surface area contributed by atoms with Crippen molar-refractivity contribution in [3.8, 4) is 5.75 Å². The van der Waals surface area contributed by atoms with E-state index in [9.17, 15) is 13.2 Å². The van der Waals surface area contributed by atoms with E-state index >= 15 is 0 Å². The van der Waals surface area contributed by atoms with E-state index in [4.69, 9.17) is 4.74 Å². The maximum absolute atomic E-state index is 12.8. The average Bonchev–Trinajstić information content (AvgIpc) is 3.15. The van der Waals surface area contributed by atoms with Crippen LogP contribution < -0.4 is 4.74 Å². The maximum Gasteiger partial charge on any atom is 0.243 e. The van der Waals surface area contributed by atoms with Crippen LogP contribution in [0.5, 0.6) is 5.75 Å². The smallest absolute Gasteiger partial charge is 0.243 e. The summed E-state index contributed by atoms with van der Waals surface area (Å²) in [6, 6.07) is 10.3. The van der Waals surface area contributed by atoms with Crippen molar-refractivity contribution < 1.29 is 17.9 Å². The van der Waals surface area contributed by atoms with Crippen molar-refractivity contribution >= 4 is 27.3 Å². The van der Waals surface area contributed by atoms with Gasteiger partial charge in [0.1, 0.15) is 5.75 Å². The minimum Gasteiger partial charge on any atom is -0.494 e. The van der Waals surface area contributed by atoms with Crippen LogP contribution in [0.4, 0.5) is 0 Å². The molecule has 8 heteroatoms. The summed E-state index contributed by atoms with van der Waals surface area (Å²) in [5.74, 6) is 0.695. The van der Waals surface area contributed by atoms with Gasteiger partial charge in [-0.2, -0.15) is 4.31 Å². The Morgan fingerprint density at radius 3 is 2.38 bits per heavy atom. The Kier molecular flexibility index (Phi) is 5.95. The highest BCUT2D eigenvalue weighted by Gasteiger charge is 2.30. The molecule has 1 aromatic heterocycles. The van der Waals surface area contributed by atoms with E-state index in [0.29, 0.717) is 45.0 Å². The summed E-state index contributed by atoms with van der Waals surface area (Å²) in [4.78, 5) is 15.4. The van der Waals surface area contributed by atoms with E-state index in [1.54, 1.807) is 40.5 Å². The molecule has 0 spiro atoms. The minimum atomic E-state index is -3.55. The van der Waals surface area contributed by atoms with Crippen LogP contribution in [0, 0.1) is 0 Å². The van der Waals surface area contributed by atoms with Crippen LogP contribution in [0.2, 0.25) is 0 Å². The Balaban J connectivity index is 1.60. The Morgan fingerprint density at radius 1 is 1.12 bits per heavy atom. The Hall–Kier alpha value is -1.90. The lowest BCUT2D eigenvalue weighted by molar-refractivity contribution is -0.131. The van der Waals surface area contributed by atoms with Crippen molar-refractivity contribution in [3.05, 3.63) is 46.7 Å². The largest absolute Gasteiger partial charge is 0.494 e. The SMILES string of the molecule is CCOc1ccc(S(=O)(=O)N2CCN(C(=O)Cc3cccs3)CC2)cc1. The van der Waals surface area contributed by atoms with Crippen molar-refractivity contribution in [2.45, 2.75) is 18.2 Å². The molecule has 6 nitrogen and oxygen atoms in total. The third-order valence-electron chi connectivity index (χ3n) is 4.27. The molecule has 0 atom stereocenters. The third kappa shape index (κ3) is 4.25. The van der Waals surface area contributed by atoms with Gasteiger partial charge in [0.15, 0.2) is 0 Å². The van der Waals surface area contributed by atoms with Gasteiger partial charge in [0.05, 0.1) is 17.9 Å². The molecule has 0 aliphatic carbocycles. The number of nitrogens with zero attached hydrogens (tertiary/aromatic N) is 2. The zero-order valence-corrected chi connectivity index (χ0v) is 16.3. The van der Waals surface area contributed by atoms with Crippen molar-refractivity contribution in [3.63, 3.8) is 0 Å². The zero-order valence-electron chi connectivity index (χ0n) is 14.6.